The summed E-state index contributed by atoms with van der Waals surface area (Å²) in [4.78, 5) is 11.4. The molecule has 1 aliphatic rings. The summed E-state index contributed by atoms with van der Waals surface area (Å²) in [5.41, 5.74) is 0. The summed E-state index contributed by atoms with van der Waals surface area (Å²) in [7, 11) is 0. The molecule has 0 aromatic carbocycles. The van der Waals surface area contributed by atoms with Gasteiger partial charge in [-0.1, -0.05) is 0 Å². The van der Waals surface area contributed by atoms with Crippen molar-refractivity contribution in [1.82, 2.24) is 5.32 Å². The van der Waals surface area contributed by atoms with Gasteiger partial charge in [-0.05, 0) is 37.2 Å². The van der Waals surface area contributed by atoms with Crippen LogP contribution in [0.1, 0.15) is 32.6 Å². The molecular formula is C40H81NO19S2. The van der Waals surface area contributed by atoms with Crippen LogP contribution in [0, 0.1) is 0 Å². The number of unbranched alkanes of at least 4 members (excludes halogenated alkanes) is 2. The van der Waals surface area contributed by atoms with Crippen LogP contribution >= 0.6 is 25.3 Å². The molecule has 0 saturated carbocycles. The van der Waals surface area contributed by atoms with Crippen molar-refractivity contribution in [3.05, 3.63) is 0 Å². The first-order chi connectivity index (χ1) is 30.4. The summed E-state index contributed by atoms with van der Waals surface area (Å²) >= 11 is 8.29. The fraction of sp³-hybridized carbons (Fsp3) is 0.975. The fourth-order valence-electron chi connectivity index (χ4n) is 4.94. The highest BCUT2D eigenvalue weighted by Gasteiger charge is 2.45. The van der Waals surface area contributed by atoms with Crippen molar-refractivity contribution in [2.24, 2.45) is 0 Å². The van der Waals surface area contributed by atoms with E-state index in [-0.39, 0.29) is 19.8 Å². The molecule has 1 fully saturated rings. The van der Waals surface area contributed by atoms with Crippen molar-refractivity contribution < 1.29 is 91.5 Å². The van der Waals surface area contributed by atoms with E-state index in [1.54, 1.807) is 0 Å². The van der Waals surface area contributed by atoms with Gasteiger partial charge in [0.05, 0.1) is 165 Å². The maximum absolute atomic E-state index is 11.4. The molecule has 0 bridgehead atoms. The molecule has 0 radical (unpaired) electrons. The number of hydrogen-bond donors (Lipinski definition) is 7. The number of aliphatic hydroxyl groups excluding tert-OH is 4. The first kappa shape index (κ1) is 61.5. The number of rotatable bonds is 46. The third-order valence-electron chi connectivity index (χ3n) is 8.11. The van der Waals surface area contributed by atoms with Crippen molar-refractivity contribution >= 4 is 31.2 Å². The van der Waals surface area contributed by atoms with Crippen LogP contribution in [0.4, 0.5) is 0 Å². The summed E-state index contributed by atoms with van der Waals surface area (Å²) in [5.74, 6) is 1.38. The van der Waals surface area contributed by atoms with E-state index in [1.165, 1.54) is 6.92 Å². The predicted octanol–water partition coefficient (Wildman–Crippen LogP) is -0.455. The summed E-state index contributed by atoms with van der Waals surface area (Å²) < 4.78 is 75.5. The molecule has 0 aromatic rings. The van der Waals surface area contributed by atoms with Crippen molar-refractivity contribution in [2.45, 2.75) is 63.3 Å². The number of carbonyl (C=O) groups excluding carboxylic acids is 1. The van der Waals surface area contributed by atoms with Crippen LogP contribution in [0.3, 0.4) is 0 Å². The normalized spacial score (nSPS) is 18.8. The Bertz CT molecular complexity index is 891. The number of aliphatic hydroxyl groups is 4. The second kappa shape index (κ2) is 49.9. The topological polar surface area (TPSA) is 239 Å². The van der Waals surface area contributed by atoms with E-state index in [0.717, 1.165) is 50.4 Å². The van der Waals surface area contributed by atoms with E-state index in [1.807, 2.05) is 0 Å². The molecule has 0 aromatic heterocycles. The number of amides is 1. The molecule has 5 N–H and O–H groups in total. The second-order valence-corrected chi connectivity index (χ2v) is 14.1. The Morgan fingerprint density at radius 1 is 0.468 bits per heavy atom. The van der Waals surface area contributed by atoms with Crippen LogP contribution < -0.4 is 5.32 Å². The van der Waals surface area contributed by atoms with Crippen molar-refractivity contribution in [1.29, 1.82) is 0 Å². The van der Waals surface area contributed by atoms with Gasteiger partial charge in [0.25, 0.3) is 0 Å². The molecule has 0 aliphatic carbocycles. The smallest absolute Gasteiger partial charge is 0.217 e. The van der Waals surface area contributed by atoms with Gasteiger partial charge in [0.1, 0.15) is 24.4 Å². The maximum atomic E-state index is 11.4. The zero-order valence-electron chi connectivity index (χ0n) is 37.0. The van der Waals surface area contributed by atoms with Crippen LogP contribution in [0.2, 0.25) is 0 Å². The van der Waals surface area contributed by atoms with Gasteiger partial charge in [0, 0.05) is 20.1 Å². The zero-order valence-corrected chi connectivity index (χ0v) is 38.8. The van der Waals surface area contributed by atoms with Gasteiger partial charge in [-0.15, -0.1) is 0 Å². The van der Waals surface area contributed by atoms with Crippen LogP contribution in [0.5, 0.6) is 0 Å². The number of thiol groups is 2. The van der Waals surface area contributed by atoms with Crippen molar-refractivity contribution in [3.63, 3.8) is 0 Å². The molecule has 22 heteroatoms. The molecule has 0 spiro atoms. The number of hydrogen-bond acceptors (Lipinski definition) is 21. The van der Waals surface area contributed by atoms with Gasteiger partial charge >= 0.3 is 0 Å². The lowest BCUT2D eigenvalue weighted by Gasteiger charge is -2.42. The predicted molar refractivity (Wildman–Crippen MR) is 234 cm³/mol. The summed E-state index contributed by atoms with van der Waals surface area (Å²) in [6.45, 7) is 13.2. The monoisotopic (exact) mass is 943 g/mol. The molecule has 1 aliphatic heterocycles. The molecule has 372 valence electrons. The maximum Gasteiger partial charge on any atom is 0.217 e. The Morgan fingerprint density at radius 3 is 1.06 bits per heavy atom. The van der Waals surface area contributed by atoms with Gasteiger partial charge < -0.3 is 92.1 Å². The minimum Gasteiger partial charge on any atom is -0.394 e. The Labute approximate surface area is 380 Å². The highest BCUT2D eigenvalue weighted by atomic mass is 32.1. The average molecular weight is 944 g/mol. The van der Waals surface area contributed by atoms with Gasteiger partial charge in [0.15, 0.2) is 6.29 Å². The van der Waals surface area contributed by atoms with E-state index in [9.17, 15) is 20.1 Å². The van der Waals surface area contributed by atoms with Crippen LogP contribution in [-0.4, -0.2) is 247 Å². The Balaban J connectivity index is 0.00000134. The van der Waals surface area contributed by atoms with Crippen molar-refractivity contribution in [2.75, 3.05) is 190 Å². The van der Waals surface area contributed by atoms with E-state index in [2.05, 4.69) is 30.6 Å². The SMILES string of the molecule is CC(=O)NC1C(OCCOCCOCCOCCOCCOCCOCCCCS)OC(CO)C(O)C1O.OCCOCCOCCOCCOCCOCCOCCCCS. The van der Waals surface area contributed by atoms with Crippen LogP contribution in [0.25, 0.3) is 0 Å². The van der Waals surface area contributed by atoms with E-state index < -0.39 is 43.2 Å². The molecule has 1 saturated heterocycles. The molecule has 5 unspecified atom stereocenters. The molecular weight excluding hydrogens is 863 g/mol. The average Bonchev–Trinajstić information content (AvgIpc) is 3.27. The Kier molecular flexibility index (Phi) is 49.4. The molecule has 62 heavy (non-hydrogen) atoms. The first-order valence-electron chi connectivity index (χ1n) is 21.7. The van der Waals surface area contributed by atoms with Crippen LogP contribution in [-0.2, 0) is 71.1 Å². The van der Waals surface area contributed by atoms with Gasteiger partial charge in [-0.2, -0.15) is 25.3 Å². The third kappa shape index (κ3) is 40.9. The minimum absolute atomic E-state index is 0.0403. The van der Waals surface area contributed by atoms with E-state index in [4.69, 9.17) is 71.4 Å². The van der Waals surface area contributed by atoms with Crippen molar-refractivity contribution in [3.8, 4) is 0 Å². The molecule has 1 rings (SSSR count). The molecule has 1 amide bonds. The van der Waals surface area contributed by atoms with Gasteiger partial charge in [-0.25, -0.2) is 0 Å². The first-order valence-corrected chi connectivity index (χ1v) is 23.0. The molecule has 1 heterocycles. The van der Waals surface area contributed by atoms with E-state index >= 15 is 0 Å². The second-order valence-electron chi connectivity index (χ2n) is 13.2. The summed E-state index contributed by atoms with van der Waals surface area (Å²) in [6, 6.07) is -0.976. The lowest BCUT2D eigenvalue weighted by atomic mass is 9.97. The Morgan fingerprint density at radius 2 is 0.774 bits per heavy atom. The summed E-state index contributed by atoms with van der Waals surface area (Å²) in [6.07, 6.45) is -0.538. The lowest BCUT2D eigenvalue weighted by Crippen LogP contribution is -2.64. The lowest BCUT2D eigenvalue weighted by molar-refractivity contribution is -0.272. The number of carbonyl (C=O) groups is 1. The van der Waals surface area contributed by atoms with Crippen LogP contribution in [0.15, 0.2) is 0 Å². The largest absolute Gasteiger partial charge is 0.394 e. The quantitative estimate of drug-likeness (QED) is 0.0302. The highest BCUT2D eigenvalue weighted by Crippen LogP contribution is 2.22. The number of ether oxygens (including phenoxy) is 14. The fourth-order valence-corrected chi connectivity index (χ4v) is 5.38. The summed E-state index contributed by atoms with van der Waals surface area (Å²) in [5, 5.41) is 40.5. The standard InChI is InChI=1S/C24H47NO12S.C16H34O7S/c1-19(27)25-21-23(29)22(28)20(18-26)37-24(21)36-16-15-35-14-13-34-12-11-33-10-9-32-8-7-31-6-5-30-4-2-3-17-38;17-3-5-19-7-9-21-11-13-23-15-14-22-12-10-20-8-6-18-4-1-2-16-24/h20-24,26,28-29,38H,2-18H2,1H3,(H,25,27);17,24H,1-16H2. The Hall–Kier alpha value is -0.550. The number of nitrogens with one attached hydrogen (secondary N) is 1. The van der Waals surface area contributed by atoms with Gasteiger partial charge in [-0.3, -0.25) is 4.79 Å². The zero-order chi connectivity index (χ0) is 45.4. The van der Waals surface area contributed by atoms with Gasteiger partial charge in [0.2, 0.25) is 5.91 Å². The van der Waals surface area contributed by atoms with E-state index in [0.29, 0.717) is 139 Å². The molecule has 5 atom stereocenters. The third-order valence-corrected chi connectivity index (χ3v) is 8.74. The molecule has 20 nitrogen and oxygen atoms in total. The highest BCUT2D eigenvalue weighted by molar-refractivity contribution is 7.80. The minimum atomic E-state index is -1.35.